The molecular weight excluding hydrogens is 737 g/mol. The van der Waals surface area contributed by atoms with Gasteiger partial charge in [0.1, 0.15) is 19.8 Å². The monoisotopic (exact) mass is 830 g/mol. The smallest absolute Gasteiger partial charge is 0.306 e. The number of likely N-dealkylation sites (N-methyl/N-ethyl adjacent to an activating group) is 1. The molecule has 9 nitrogen and oxygen atoms in total. The standard InChI is InChI=1S/C47H92NO8P/c1-6-8-10-12-14-16-18-20-21-22-23-24-25-26-27-28-30-31-33-35-37-39-46(49)53-43-45(44-55-57(51,52)54-42-41-48(3,4)5)56-47(50)40-38-36-34-32-29-19-17-15-13-11-9-7-2/h20-21,45H,6-19,22-44H2,1-5H3/b21-20+/t45-/m0/s1. The number of carbonyl (C=O) groups is 2. The van der Waals surface area contributed by atoms with Gasteiger partial charge in [0, 0.05) is 12.8 Å². The summed E-state index contributed by atoms with van der Waals surface area (Å²) in [4.78, 5) is 37.6. The highest BCUT2D eigenvalue weighted by molar-refractivity contribution is 7.45. The van der Waals surface area contributed by atoms with Gasteiger partial charge in [0.2, 0.25) is 0 Å². The van der Waals surface area contributed by atoms with Crippen molar-refractivity contribution in [1.82, 2.24) is 0 Å². The van der Waals surface area contributed by atoms with Crippen LogP contribution >= 0.6 is 7.82 Å². The number of ether oxygens (including phenoxy) is 2. The van der Waals surface area contributed by atoms with Crippen molar-refractivity contribution in [2.75, 3.05) is 47.5 Å². The van der Waals surface area contributed by atoms with E-state index in [4.69, 9.17) is 18.5 Å². The Kier molecular flexibility index (Phi) is 39.3. The van der Waals surface area contributed by atoms with Crippen LogP contribution in [-0.2, 0) is 32.7 Å². The number of nitrogens with zero attached hydrogens (tertiary/aromatic N) is 1. The normalized spacial score (nSPS) is 13.6. The molecule has 0 aromatic rings. The predicted octanol–water partition coefficient (Wildman–Crippen LogP) is 13.1. The Morgan fingerprint density at radius 2 is 0.895 bits per heavy atom. The lowest BCUT2D eigenvalue weighted by molar-refractivity contribution is -0.870. The molecule has 0 saturated heterocycles. The Labute approximate surface area is 352 Å². The Bertz CT molecular complexity index is 985. The quantitative estimate of drug-likeness (QED) is 0.0196. The Morgan fingerprint density at radius 3 is 1.30 bits per heavy atom. The molecule has 2 atom stereocenters. The molecule has 0 saturated carbocycles. The molecule has 10 heteroatoms. The summed E-state index contributed by atoms with van der Waals surface area (Å²) in [5, 5.41) is 0. The number of quaternary nitrogens is 1. The van der Waals surface area contributed by atoms with E-state index in [0.29, 0.717) is 17.4 Å². The van der Waals surface area contributed by atoms with Crippen LogP contribution in [0.2, 0.25) is 0 Å². The predicted molar refractivity (Wildman–Crippen MR) is 236 cm³/mol. The van der Waals surface area contributed by atoms with Crippen molar-refractivity contribution in [1.29, 1.82) is 0 Å². The number of hydrogen-bond acceptors (Lipinski definition) is 8. The van der Waals surface area contributed by atoms with Crippen LogP contribution in [0.4, 0.5) is 0 Å². The first-order valence-corrected chi connectivity index (χ1v) is 25.4. The molecule has 0 amide bonds. The molecule has 1 unspecified atom stereocenters. The lowest BCUT2D eigenvalue weighted by atomic mass is 10.0. The Balaban J connectivity index is 4.20. The third-order valence-electron chi connectivity index (χ3n) is 10.5. The van der Waals surface area contributed by atoms with Crippen molar-refractivity contribution in [2.45, 2.75) is 232 Å². The van der Waals surface area contributed by atoms with Gasteiger partial charge in [-0.25, -0.2) is 0 Å². The van der Waals surface area contributed by atoms with Gasteiger partial charge in [-0.05, 0) is 38.5 Å². The van der Waals surface area contributed by atoms with Gasteiger partial charge < -0.3 is 27.9 Å². The fourth-order valence-corrected chi connectivity index (χ4v) is 7.50. The van der Waals surface area contributed by atoms with E-state index in [1.807, 2.05) is 21.1 Å². The highest BCUT2D eigenvalue weighted by Crippen LogP contribution is 2.38. The molecule has 0 aromatic carbocycles. The van der Waals surface area contributed by atoms with E-state index < -0.39 is 26.5 Å². The maximum absolute atomic E-state index is 12.7. The van der Waals surface area contributed by atoms with Gasteiger partial charge in [0.15, 0.2) is 6.10 Å². The maximum Gasteiger partial charge on any atom is 0.306 e. The maximum atomic E-state index is 12.7. The Hall–Kier alpha value is -1.25. The van der Waals surface area contributed by atoms with Gasteiger partial charge in [-0.2, -0.15) is 0 Å². The molecule has 338 valence electrons. The van der Waals surface area contributed by atoms with Crippen molar-refractivity contribution < 1.29 is 42.1 Å². The second kappa shape index (κ2) is 40.2. The van der Waals surface area contributed by atoms with Crippen molar-refractivity contribution in [3.63, 3.8) is 0 Å². The van der Waals surface area contributed by atoms with E-state index in [2.05, 4.69) is 26.0 Å². The fourth-order valence-electron chi connectivity index (χ4n) is 6.77. The molecule has 0 aliphatic rings. The molecule has 0 spiro atoms. The number of rotatable bonds is 44. The Morgan fingerprint density at radius 1 is 0.526 bits per heavy atom. The number of esters is 2. The number of phosphoric ester groups is 1. The number of unbranched alkanes of at least 4 members (excludes halogenated alkanes) is 28. The van der Waals surface area contributed by atoms with Crippen LogP contribution in [0, 0.1) is 0 Å². The molecule has 0 aliphatic heterocycles. The first kappa shape index (κ1) is 55.8. The third-order valence-corrected chi connectivity index (χ3v) is 11.5. The zero-order chi connectivity index (χ0) is 42.1. The largest absolute Gasteiger partial charge is 0.756 e. The SMILES string of the molecule is CCCCCCCC/C=C/CCCCCCCCCCCCCC(=O)OC[C@@H](COP(=O)([O-])OCC[N+](C)(C)C)OC(=O)CCCCCCCCCCCCCC. The topological polar surface area (TPSA) is 111 Å². The summed E-state index contributed by atoms with van der Waals surface area (Å²) in [6.07, 6.45) is 42.4. The molecule has 57 heavy (non-hydrogen) atoms. The highest BCUT2D eigenvalue weighted by Gasteiger charge is 2.21. The minimum atomic E-state index is -4.62. The summed E-state index contributed by atoms with van der Waals surface area (Å²) in [7, 11) is 1.18. The molecule has 0 heterocycles. The molecule has 0 aromatic heterocycles. The van der Waals surface area contributed by atoms with Crippen LogP contribution in [0.3, 0.4) is 0 Å². The van der Waals surface area contributed by atoms with E-state index >= 15 is 0 Å². The van der Waals surface area contributed by atoms with Crippen LogP contribution in [0.25, 0.3) is 0 Å². The first-order valence-electron chi connectivity index (χ1n) is 23.9. The van der Waals surface area contributed by atoms with Crippen LogP contribution < -0.4 is 4.89 Å². The molecule has 0 N–H and O–H groups in total. The third kappa shape index (κ3) is 44.1. The minimum Gasteiger partial charge on any atom is -0.756 e. The zero-order valence-electron chi connectivity index (χ0n) is 38.1. The second-order valence-electron chi connectivity index (χ2n) is 17.5. The van der Waals surface area contributed by atoms with Gasteiger partial charge in [-0.3, -0.25) is 14.2 Å². The van der Waals surface area contributed by atoms with E-state index in [0.717, 1.165) is 32.1 Å². The fraction of sp³-hybridized carbons (Fsp3) is 0.915. The van der Waals surface area contributed by atoms with Gasteiger partial charge in [-0.15, -0.1) is 0 Å². The van der Waals surface area contributed by atoms with Crippen LogP contribution in [0.1, 0.15) is 226 Å². The van der Waals surface area contributed by atoms with Gasteiger partial charge in [-0.1, -0.05) is 187 Å². The summed E-state index contributed by atoms with van der Waals surface area (Å²) < 4.78 is 33.9. The molecule has 0 fully saturated rings. The molecule has 0 rings (SSSR count). The van der Waals surface area contributed by atoms with E-state index in [1.54, 1.807) is 0 Å². The number of hydrogen-bond donors (Lipinski definition) is 0. The summed E-state index contributed by atoms with van der Waals surface area (Å²) in [6.45, 7) is 4.25. The van der Waals surface area contributed by atoms with E-state index in [1.165, 1.54) is 161 Å². The number of phosphoric acid groups is 1. The van der Waals surface area contributed by atoms with Crippen molar-refractivity contribution in [3.05, 3.63) is 12.2 Å². The zero-order valence-corrected chi connectivity index (χ0v) is 38.9. The average molecular weight is 830 g/mol. The highest BCUT2D eigenvalue weighted by atomic mass is 31.2. The van der Waals surface area contributed by atoms with E-state index in [-0.39, 0.29) is 32.0 Å². The molecular formula is C47H92NO8P. The molecule has 0 radical (unpaired) electrons. The van der Waals surface area contributed by atoms with Crippen LogP contribution in [0.5, 0.6) is 0 Å². The number of allylic oxidation sites excluding steroid dienone is 2. The van der Waals surface area contributed by atoms with Crippen LogP contribution in [0.15, 0.2) is 12.2 Å². The lowest BCUT2D eigenvalue weighted by Gasteiger charge is -2.28. The van der Waals surface area contributed by atoms with Gasteiger partial charge in [0.05, 0.1) is 27.7 Å². The van der Waals surface area contributed by atoms with Crippen molar-refractivity contribution in [3.8, 4) is 0 Å². The second-order valence-corrected chi connectivity index (χ2v) is 18.9. The van der Waals surface area contributed by atoms with Crippen LogP contribution in [-0.4, -0.2) is 70.0 Å². The first-order chi connectivity index (χ1) is 27.5. The summed E-state index contributed by atoms with van der Waals surface area (Å²) >= 11 is 0. The van der Waals surface area contributed by atoms with Gasteiger partial charge >= 0.3 is 11.9 Å². The average Bonchev–Trinajstić information content (AvgIpc) is 3.16. The van der Waals surface area contributed by atoms with Crippen molar-refractivity contribution in [2.24, 2.45) is 0 Å². The lowest BCUT2D eigenvalue weighted by Crippen LogP contribution is -2.37. The minimum absolute atomic E-state index is 0.0274. The summed E-state index contributed by atoms with van der Waals surface area (Å²) in [5.41, 5.74) is 0. The molecule has 0 bridgehead atoms. The van der Waals surface area contributed by atoms with Crippen molar-refractivity contribution >= 4 is 19.8 Å². The van der Waals surface area contributed by atoms with Gasteiger partial charge in [0.25, 0.3) is 7.82 Å². The summed E-state index contributed by atoms with van der Waals surface area (Å²) in [6, 6.07) is 0. The molecule has 0 aliphatic carbocycles. The number of carbonyl (C=O) groups excluding carboxylic acids is 2. The van der Waals surface area contributed by atoms with E-state index in [9.17, 15) is 19.0 Å². The summed E-state index contributed by atoms with van der Waals surface area (Å²) in [5.74, 6) is -0.824.